The van der Waals surface area contributed by atoms with E-state index in [1.165, 1.54) is 6.08 Å². The Balaban J connectivity index is 2.31. The van der Waals surface area contributed by atoms with Crippen LogP contribution < -0.4 is 15.8 Å². The lowest BCUT2D eigenvalue weighted by Crippen LogP contribution is -2.20. The van der Waals surface area contributed by atoms with Gasteiger partial charge in [0.1, 0.15) is 17.4 Å². The van der Waals surface area contributed by atoms with Gasteiger partial charge in [-0.05, 0) is 36.4 Å². The number of halogens is 2. The highest BCUT2D eigenvalue weighted by Gasteiger charge is 2.13. The van der Waals surface area contributed by atoms with Gasteiger partial charge < -0.3 is 15.8 Å². The van der Waals surface area contributed by atoms with Gasteiger partial charge in [-0.15, -0.1) is 0 Å². The van der Waals surface area contributed by atoms with E-state index in [9.17, 15) is 14.9 Å². The number of ether oxygens (including phenoxy) is 1. The third kappa shape index (κ3) is 5.34. The Bertz CT molecular complexity index is 922. The van der Waals surface area contributed by atoms with Crippen molar-refractivity contribution in [1.82, 2.24) is 0 Å². The van der Waals surface area contributed by atoms with Crippen molar-refractivity contribution in [3.63, 3.8) is 0 Å². The molecule has 6 nitrogen and oxygen atoms in total. The zero-order valence-electron chi connectivity index (χ0n) is 13.3. The number of nitrogens with two attached hydrogens (primary N) is 1. The van der Waals surface area contributed by atoms with E-state index in [0.29, 0.717) is 26.5 Å². The van der Waals surface area contributed by atoms with Crippen LogP contribution in [0, 0.1) is 11.3 Å². The van der Waals surface area contributed by atoms with Crippen molar-refractivity contribution in [3.05, 3.63) is 63.1 Å². The van der Waals surface area contributed by atoms with Gasteiger partial charge in [0.25, 0.3) is 11.8 Å². The van der Waals surface area contributed by atoms with Gasteiger partial charge in [0, 0.05) is 10.0 Å². The van der Waals surface area contributed by atoms with E-state index in [-0.39, 0.29) is 12.2 Å². The summed E-state index contributed by atoms with van der Waals surface area (Å²) in [6.07, 6.45) is 1.35. The maximum atomic E-state index is 12.4. The molecule has 2 rings (SSSR count). The number of carbonyl (C=O) groups excluding carboxylic acids is 2. The third-order valence-electron chi connectivity index (χ3n) is 3.13. The third-order valence-corrected chi connectivity index (χ3v) is 3.95. The number of anilines is 1. The zero-order valence-corrected chi connectivity index (χ0v) is 15.7. The fourth-order valence-corrected chi connectivity index (χ4v) is 2.53. The van der Waals surface area contributed by atoms with E-state index in [1.807, 2.05) is 6.07 Å². The molecule has 2 amide bonds. The number of rotatable bonds is 6. The van der Waals surface area contributed by atoms with Crippen LogP contribution in [-0.2, 0) is 9.59 Å². The Kier molecular flexibility index (Phi) is 6.78. The first-order valence-corrected chi connectivity index (χ1v) is 8.46. The summed E-state index contributed by atoms with van der Waals surface area (Å²) in [6, 6.07) is 13.5. The number of carbonyl (C=O) groups is 2. The molecule has 0 atom stereocenters. The molecule has 0 bridgehead atoms. The molecule has 0 saturated heterocycles. The average Bonchev–Trinajstić information content (AvgIpc) is 2.60. The summed E-state index contributed by atoms with van der Waals surface area (Å²) < 4.78 is 6.02. The lowest BCUT2D eigenvalue weighted by atomic mass is 10.1. The molecule has 3 N–H and O–H groups in total. The van der Waals surface area contributed by atoms with E-state index >= 15 is 0 Å². The Labute approximate surface area is 163 Å². The van der Waals surface area contributed by atoms with E-state index in [4.69, 9.17) is 22.1 Å². The van der Waals surface area contributed by atoms with Gasteiger partial charge in [0.2, 0.25) is 0 Å². The molecular weight excluding hydrogens is 422 g/mol. The molecular formula is C18H13BrClN3O3. The molecule has 0 spiro atoms. The molecule has 0 saturated carbocycles. The van der Waals surface area contributed by atoms with Crippen molar-refractivity contribution in [1.29, 1.82) is 5.26 Å². The number of nitriles is 1. The van der Waals surface area contributed by atoms with Gasteiger partial charge in [-0.3, -0.25) is 9.59 Å². The minimum Gasteiger partial charge on any atom is -0.483 e. The monoisotopic (exact) mass is 433 g/mol. The molecule has 0 fully saturated rings. The van der Waals surface area contributed by atoms with Crippen LogP contribution in [-0.4, -0.2) is 18.4 Å². The molecule has 0 heterocycles. The van der Waals surface area contributed by atoms with Gasteiger partial charge in [-0.2, -0.15) is 5.26 Å². The molecule has 132 valence electrons. The second-order valence-electron chi connectivity index (χ2n) is 5.04. The summed E-state index contributed by atoms with van der Waals surface area (Å²) in [5.74, 6) is -0.952. The van der Waals surface area contributed by atoms with E-state index in [1.54, 1.807) is 42.5 Å². The van der Waals surface area contributed by atoms with Crippen LogP contribution >= 0.6 is 27.5 Å². The molecule has 2 aromatic carbocycles. The van der Waals surface area contributed by atoms with Gasteiger partial charge in [0.05, 0.1) is 10.7 Å². The van der Waals surface area contributed by atoms with E-state index < -0.39 is 11.8 Å². The van der Waals surface area contributed by atoms with Crippen LogP contribution in [0.25, 0.3) is 6.08 Å². The summed E-state index contributed by atoms with van der Waals surface area (Å²) in [5, 5.41) is 12.3. The second-order valence-corrected chi connectivity index (χ2v) is 6.36. The number of primary amides is 1. The number of hydrogen-bond donors (Lipinski definition) is 2. The first kappa shape index (κ1) is 19.5. The fraction of sp³-hybridized carbons (Fsp3) is 0.0556. The number of hydrogen-bond acceptors (Lipinski definition) is 4. The van der Waals surface area contributed by atoms with Crippen molar-refractivity contribution in [2.24, 2.45) is 5.73 Å². The molecule has 0 aliphatic carbocycles. The van der Waals surface area contributed by atoms with Gasteiger partial charge in [0.15, 0.2) is 6.61 Å². The van der Waals surface area contributed by atoms with Crippen molar-refractivity contribution in [2.75, 3.05) is 11.9 Å². The summed E-state index contributed by atoms with van der Waals surface area (Å²) in [7, 11) is 0. The summed E-state index contributed by atoms with van der Waals surface area (Å²) in [4.78, 5) is 23.3. The fourth-order valence-electron chi connectivity index (χ4n) is 1.97. The average molecular weight is 435 g/mol. The summed E-state index contributed by atoms with van der Waals surface area (Å²) in [5.41, 5.74) is 5.74. The highest BCUT2D eigenvalue weighted by molar-refractivity contribution is 9.10. The molecule has 0 aliphatic heterocycles. The number of nitrogens with zero attached hydrogens (tertiary/aromatic N) is 1. The largest absolute Gasteiger partial charge is 0.483 e. The van der Waals surface area contributed by atoms with Crippen LogP contribution in [0.15, 0.2) is 52.5 Å². The minimum atomic E-state index is -0.639. The van der Waals surface area contributed by atoms with Crippen LogP contribution in [0.1, 0.15) is 5.56 Å². The summed E-state index contributed by atoms with van der Waals surface area (Å²) >= 11 is 9.32. The number of nitrogens with one attached hydrogen (secondary N) is 1. The molecule has 26 heavy (non-hydrogen) atoms. The van der Waals surface area contributed by atoms with E-state index in [2.05, 4.69) is 21.2 Å². The maximum Gasteiger partial charge on any atom is 0.266 e. The standard InChI is InChI=1S/C18H13BrClN3O3/c19-13-5-6-16(26-10-17(22)24)11(8-13)7-12(9-21)18(25)23-15-4-2-1-3-14(15)20/h1-8H,10H2,(H2,22,24)(H,23,25)/b12-7+. The number of amides is 2. The van der Waals surface area contributed by atoms with Gasteiger partial charge in [-0.1, -0.05) is 39.7 Å². The summed E-state index contributed by atoms with van der Waals surface area (Å²) in [6.45, 7) is -0.323. The van der Waals surface area contributed by atoms with Crippen molar-refractivity contribution in [2.45, 2.75) is 0 Å². The quantitative estimate of drug-likeness (QED) is 0.536. The Hall–Kier alpha value is -2.82. The highest BCUT2D eigenvalue weighted by Crippen LogP contribution is 2.26. The number of benzene rings is 2. The van der Waals surface area contributed by atoms with Gasteiger partial charge in [-0.25, -0.2) is 0 Å². The molecule has 2 aromatic rings. The normalized spacial score (nSPS) is 10.7. The first-order valence-electron chi connectivity index (χ1n) is 7.29. The topological polar surface area (TPSA) is 105 Å². The number of para-hydroxylation sites is 1. The van der Waals surface area contributed by atoms with Crippen LogP contribution in [0.5, 0.6) is 5.75 Å². The maximum absolute atomic E-state index is 12.4. The molecule has 0 radical (unpaired) electrons. The van der Waals surface area contributed by atoms with Gasteiger partial charge >= 0.3 is 0 Å². The highest BCUT2D eigenvalue weighted by atomic mass is 79.9. The minimum absolute atomic E-state index is 0.160. The molecule has 0 unspecified atom stereocenters. The smallest absolute Gasteiger partial charge is 0.266 e. The predicted molar refractivity (Wildman–Crippen MR) is 103 cm³/mol. The van der Waals surface area contributed by atoms with Crippen LogP contribution in [0.3, 0.4) is 0 Å². The van der Waals surface area contributed by atoms with Crippen LogP contribution in [0.2, 0.25) is 5.02 Å². The Morgan fingerprint density at radius 1 is 1.31 bits per heavy atom. The van der Waals surface area contributed by atoms with Crippen molar-refractivity contribution in [3.8, 4) is 11.8 Å². The lowest BCUT2D eigenvalue weighted by molar-refractivity contribution is -0.120. The van der Waals surface area contributed by atoms with Crippen LogP contribution in [0.4, 0.5) is 5.69 Å². The van der Waals surface area contributed by atoms with Crippen molar-refractivity contribution >= 4 is 51.1 Å². The Morgan fingerprint density at radius 3 is 2.69 bits per heavy atom. The molecule has 0 aliphatic rings. The zero-order chi connectivity index (χ0) is 19.1. The Morgan fingerprint density at radius 2 is 2.04 bits per heavy atom. The first-order chi connectivity index (χ1) is 12.4. The second kappa shape index (κ2) is 9.04. The molecule has 8 heteroatoms. The predicted octanol–water partition coefficient (Wildman–Crippen LogP) is 3.51. The van der Waals surface area contributed by atoms with Crippen molar-refractivity contribution < 1.29 is 14.3 Å². The molecule has 0 aromatic heterocycles. The lowest BCUT2D eigenvalue weighted by Gasteiger charge is -2.09. The van der Waals surface area contributed by atoms with E-state index in [0.717, 1.165) is 0 Å². The SMILES string of the molecule is N#C/C(=C\c1cc(Br)ccc1OCC(N)=O)C(=O)Nc1ccccc1Cl.